The third-order valence-corrected chi connectivity index (χ3v) is 13.4. The van der Waals surface area contributed by atoms with Crippen LogP contribution in [-0.4, -0.2) is 37.2 Å². The first-order chi connectivity index (χ1) is 41.0. The quantitative estimate of drug-likeness (QED) is 0.0261. The summed E-state index contributed by atoms with van der Waals surface area (Å²) < 4.78 is 16.9. The lowest BCUT2D eigenvalue weighted by atomic mass is 10.1. The Kier molecular flexibility index (Phi) is 64.4. The van der Waals surface area contributed by atoms with Crippen LogP contribution in [-0.2, 0) is 28.6 Å². The Morgan fingerprint density at radius 1 is 0.253 bits per heavy atom. The van der Waals surface area contributed by atoms with Gasteiger partial charge in [-0.05, 0) is 154 Å². The van der Waals surface area contributed by atoms with Crippen molar-refractivity contribution in [2.75, 3.05) is 13.2 Å². The molecule has 0 saturated carbocycles. The second-order valence-electron chi connectivity index (χ2n) is 21.3. The van der Waals surface area contributed by atoms with Gasteiger partial charge in [0.15, 0.2) is 6.10 Å². The number of unbranched alkanes of at least 4 members (excludes halogenated alkanes) is 17. The molecule has 0 rings (SSSR count). The van der Waals surface area contributed by atoms with Crippen molar-refractivity contribution in [3.8, 4) is 0 Å². The number of esters is 3. The summed E-state index contributed by atoms with van der Waals surface area (Å²) in [7, 11) is 0. The van der Waals surface area contributed by atoms with E-state index in [0.29, 0.717) is 19.3 Å². The molecular weight excluding hydrogens is 1020 g/mol. The van der Waals surface area contributed by atoms with Gasteiger partial charge >= 0.3 is 17.9 Å². The van der Waals surface area contributed by atoms with Crippen molar-refractivity contribution in [3.05, 3.63) is 182 Å². The molecule has 0 aromatic rings. The van der Waals surface area contributed by atoms with Gasteiger partial charge in [-0.1, -0.05) is 274 Å². The van der Waals surface area contributed by atoms with Gasteiger partial charge in [0, 0.05) is 19.3 Å². The lowest BCUT2D eigenvalue weighted by molar-refractivity contribution is -0.167. The molecule has 1 unspecified atom stereocenters. The first kappa shape index (κ1) is 77.5. The normalized spacial score (nSPS) is 13.3. The van der Waals surface area contributed by atoms with E-state index in [2.05, 4.69) is 203 Å². The summed E-state index contributed by atoms with van der Waals surface area (Å²) in [6.07, 6.45) is 103. The smallest absolute Gasteiger partial charge is 0.306 e. The van der Waals surface area contributed by atoms with Crippen LogP contribution in [0, 0.1) is 0 Å². The molecule has 0 radical (unpaired) electrons. The van der Waals surface area contributed by atoms with Crippen LogP contribution in [0.5, 0.6) is 0 Å². The lowest BCUT2D eigenvalue weighted by Crippen LogP contribution is -2.30. The fourth-order valence-corrected chi connectivity index (χ4v) is 8.46. The molecule has 6 heteroatoms. The Morgan fingerprint density at radius 3 is 0.795 bits per heavy atom. The van der Waals surface area contributed by atoms with Gasteiger partial charge in [-0.25, -0.2) is 0 Å². The van der Waals surface area contributed by atoms with Gasteiger partial charge in [-0.3, -0.25) is 14.4 Å². The van der Waals surface area contributed by atoms with Crippen molar-refractivity contribution in [1.29, 1.82) is 0 Å². The van der Waals surface area contributed by atoms with Crippen LogP contribution in [0.25, 0.3) is 0 Å². The van der Waals surface area contributed by atoms with Crippen molar-refractivity contribution in [2.45, 2.75) is 271 Å². The Morgan fingerprint density at radius 2 is 0.482 bits per heavy atom. The number of carbonyl (C=O) groups is 3. The predicted molar refractivity (Wildman–Crippen MR) is 361 cm³/mol. The Hall–Kier alpha value is -5.49. The summed E-state index contributed by atoms with van der Waals surface area (Å²) in [5.41, 5.74) is 0. The molecule has 0 aromatic carbocycles. The fourth-order valence-electron chi connectivity index (χ4n) is 8.46. The molecule has 0 aliphatic heterocycles. The number of carbonyl (C=O) groups excluding carboxylic acids is 3. The highest BCUT2D eigenvalue weighted by atomic mass is 16.6. The molecule has 0 N–H and O–H groups in total. The SMILES string of the molecule is CC/C=C\C/C=C\C/C=C\C/C=C\C/C=C\C/C=C\C/C=C\CCCC(=O)OCC(COC(=O)CCCCC/C=C\C/C=C\C/C=C\C/C=C\C/C=C\CC)OC(=O)CCCCCCCCCC/C=C\C/C=C\C/C=C\CCCCCCC. The molecule has 0 aliphatic carbocycles. The minimum absolute atomic E-state index is 0.126. The highest BCUT2D eigenvalue weighted by Crippen LogP contribution is 2.14. The molecule has 0 bridgehead atoms. The van der Waals surface area contributed by atoms with Gasteiger partial charge in [0.2, 0.25) is 0 Å². The zero-order chi connectivity index (χ0) is 59.9. The summed E-state index contributed by atoms with van der Waals surface area (Å²) in [4.78, 5) is 38.4. The molecular formula is C77H120O6. The maximum absolute atomic E-state index is 13.0. The van der Waals surface area contributed by atoms with Crippen molar-refractivity contribution >= 4 is 17.9 Å². The molecule has 0 heterocycles. The van der Waals surface area contributed by atoms with Gasteiger partial charge in [-0.2, -0.15) is 0 Å². The van der Waals surface area contributed by atoms with E-state index < -0.39 is 6.10 Å². The van der Waals surface area contributed by atoms with Gasteiger partial charge < -0.3 is 14.2 Å². The molecule has 0 aromatic heterocycles. The number of hydrogen-bond acceptors (Lipinski definition) is 6. The summed E-state index contributed by atoms with van der Waals surface area (Å²) in [5.74, 6) is -1.03. The summed E-state index contributed by atoms with van der Waals surface area (Å²) in [5, 5.41) is 0. The summed E-state index contributed by atoms with van der Waals surface area (Å²) in [6, 6.07) is 0. The molecule has 0 saturated heterocycles. The van der Waals surface area contributed by atoms with Gasteiger partial charge in [0.25, 0.3) is 0 Å². The average Bonchev–Trinajstić information content (AvgIpc) is 3.49. The zero-order valence-corrected chi connectivity index (χ0v) is 53.1. The van der Waals surface area contributed by atoms with Crippen molar-refractivity contribution in [2.24, 2.45) is 0 Å². The number of ether oxygens (including phenoxy) is 3. The molecule has 0 spiro atoms. The Balaban J connectivity index is 4.59. The van der Waals surface area contributed by atoms with Crippen molar-refractivity contribution in [1.82, 2.24) is 0 Å². The van der Waals surface area contributed by atoms with Crippen LogP contribution in [0.4, 0.5) is 0 Å². The minimum atomic E-state index is -0.833. The maximum atomic E-state index is 13.0. The summed E-state index contributed by atoms with van der Waals surface area (Å²) >= 11 is 0. The number of hydrogen-bond donors (Lipinski definition) is 0. The predicted octanol–water partition coefficient (Wildman–Crippen LogP) is 23.2. The van der Waals surface area contributed by atoms with E-state index in [1.807, 2.05) is 0 Å². The largest absolute Gasteiger partial charge is 0.462 e. The summed E-state index contributed by atoms with van der Waals surface area (Å²) in [6.45, 7) is 6.31. The highest BCUT2D eigenvalue weighted by Gasteiger charge is 2.19. The molecule has 83 heavy (non-hydrogen) atoms. The fraction of sp³-hybridized carbons (Fsp3) is 0.571. The highest BCUT2D eigenvalue weighted by molar-refractivity contribution is 5.71. The van der Waals surface area contributed by atoms with E-state index >= 15 is 0 Å². The van der Waals surface area contributed by atoms with Gasteiger partial charge in [-0.15, -0.1) is 0 Å². The van der Waals surface area contributed by atoms with E-state index in [-0.39, 0.29) is 37.5 Å². The second-order valence-corrected chi connectivity index (χ2v) is 21.3. The van der Waals surface area contributed by atoms with Crippen LogP contribution in [0.2, 0.25) is 0 Å². The third-order valence-electron chi connectivity index (χ3n) is 13.4. The topological polar surface area (TPSA) is 78.9 Å². The van der Waals surface area contributed by atoms with E-state index in [9.17, 15) is 14.4 Å². The van der Waals surface area contributed by atoms with Crippen LogP contribution in [0.15, 0.2) is 182 Å². The molecule has 0 fully saturated rings. The molecule has 0 amide bonds. The van der Waals surface area contributed by atoms with E-state index in [1.165, 1.54) is 70.6 Å². The molecule has 0 aliphatic rings. The van der Waals surface area contributed by atoms with Crippen LogP contribution >= 0.6 is 0 Å². The third kappa shape index (κ3) is 67.2. The average molecular weight is 1140 g/mol. The molecule has 6 nitrogen and oxygen atoms in total. The first-order valence-corrected chi connectivity index (χ1v) is 33.3. The van der Waals surface area contributed by atoms with Crippen LogP contribution < -0.4 is 0 Å². The van der Waals surface area contributed by atoms with Gasteiger partial charge in [0.1, 0.15) is 13.2 Å². The maximum Gasteiger partial charge on any atom is 0.306 e. The van der Waals surface area contributed by atoms with Gasteiger partial charge in [0.05, 0.1) is 0 Å². The van der Waals surface area contributed by atoms with E-state index in [1.54, 1.807) is 0 Å². The molecule has 464 valence electrons. The standard InChI is InChI=1S/C77H120O6/c1-4-7-10-13-16-19-22-25-28-31-34-36-38-40-43-46-49-52-55-58-61-64-67-70-76(79)82-73-74(72-81-75(78)69-66-63-60-57-54-51-48-45-42-33-30-27-24-21-18-15-12-9-6-3)83-77(80)71-68-65-62-59-56-53-50-47-44-41-39-37-35-32-29-26-23-20-17-14-11-8-5-2/h7,9-10,12,16,18-19,21,23,25-28,30,32,34-36,39-43,45,49,51-52,54,58,61,74H,4-6,8,11,13-15,17,20,22,24,29,31,33,37-38,44,46-48,50,53,55-57,59-60,62-73H2,1-3H3/b10-7-,12-9-,19-16-,21-18-,26-23-,28-25-,30-27-,35-32-,36-34-,41-39-,43-40-,45-42-,52-49-,54-51-,61-58-. The van der Waals surface area contributed by atoms with Crippen LogP contribution in [0.3, 0.4) is 0 Å². The van der Waals surface area contributed by atoms with Crippen molar-refractivity contribution < 1.29 is 28.6 Å². The Bertz CT molecular complexity index is 1940. The van der Waals surface area contributed by atoms with E-state index in [4.69, 9.17) is 14.2 Å². The lowest BCUT2D eigenvalue weighted by Gasteiger charge is -2.18. The Labute approximate surface area is 510 Å². The number of rotatable bonds is 58. The molecule has 1 atom stereocenters. The monoisotopic (exact) mass is 1140 g/mol. The zero-order valence-electron chi connectivity index (χ0n) is 53.1. The second kappa shape index (κ2) is 69.0. The van der Waals surface area contributed by atoms with E-state index in [0.717, 1.165) is 148 Å². The number of allylic oxidation sites excluding steroid dienone is 30. The first-order valence-electron chi connectivity index (χ1n) is 33.3. The van der Waals surface area contributed by atoms with Crippen molar-refractivity contribution in [3.63, 3.8) is 0 Å². The minimum Gasteiger partial charge on any atom is -0.462 e. The van der Waals surface area contributed by atoms with Crippen LogP contribution in [0.1, 0.15) is 265 Å².